The molecule has 0 aromatic carbocycles. The summed E-state index contributed by atoms with van der Waals surface area (Å²) < 4.78 is 1.25. The summed E-state index contributed by atoms with van der Waals surface area (Å²) in [5.74, 6) is 0. The van der Waals surface area contributed by atoms with Crippen LogP contribution in [0.15, 0.2) is 9.85 Å². The molecule has 1 aromatic heterocycles. The van der Waals surface area contributed by atoms with E-state index in [1.165, 1.54) is 14.2 Å². The number of thiophene rings is 1. The fourth-order valence-electron chi connectivity index (χ4n) is 1.27. The summed E-state index contributed by atoms with van der Waals surface area (Å²) in [5, 5.41) is 6.80. The number of halogens is 1. The van der Waals surface area contributed by atoms with E-state index in [-0.39, 0.29) is 0 Å². The van der Waals surface area contributed by atoms with Crippen LogP contribution in [-0.4, -0.2) is 19.1 Å². The maximum absolute atomic E-state index is 3.54. The molecule has 4 heteroatoms. The van der Waals surface area contributed by atoms with Crippen molar-refractivity contribution in [2.24, 2.45) is 0 Å². The predicted molar refractivity (Wildman–Crippen MR) is 71.6 cm³/mol. The lowest BCUT2D eigenvalue weighted by atomic mass is 10.3. The molecule has 0 radical (unpaired) electrons. The Morgan fingerprint density at radius 2 is 2.13 bits per heavy atom. The minimum atomic E-state index is 0.574. The second-order valence-electron chi connectivity index (χ2n) is 3.96. The summed E-state index contributed by atoms with van der Waals surface area (Å²) in [7, 11) is 0. The monoisotopic (exact) mass is 290 g/mol. The second kappa shape index (κ2) is 6.63. The molecule has 1 rings (SSSR count). The Labute approximate surface area is 105 Å². The molecule has 86 valence electrons. The summed E-state index contributed by atoms with van der Waals surface area (Å²) in [6.45, 7) is 9.48. The molecule has 0 spiro atoms. The number of hydrogen-bond acceptors (Lipinski definition) is 3. The van der Waals surface area contributed by atoms with Crippen molar-refractivity contribution >= 4 is 27.3 Å². The quantitative estimate of drug-likeness (QED) is 0.788. The highest BCUT2D eigenvalue weighted by atomic mass is 79.9. The van der Waals surface area contributed by atoms with Crippen LogP contribution in [0.1, 0.15) is 24.3 Å². The van der Waals surface area contributed by atoms with E-state index in [1.54, 1.807) is 0 Å². The van der Waals surface area contributed by atoms with E-state index in [2.05, 4.69) is 53.4 Å². The third-order valence-electron chi connectivity index (χ3n) is 2.06. The topological polar surface area (TPSA) is 24.1 Å². The number of rotatable bonds is 6. The molecule has 0 bridgehead atoms. The fraction of sp³-hybridized carbons (Fsp3) is 0.636. The SMILES string of the molecule is Cc1cc(CNCCNC(C)C)sc1Br. The molecule has 0 aliphatic carbocycles. The minimum Gasteiger partial charge on any atom is -0.313 e. The van der Waals surface area contributed by atoms with Gasteiger partial charge in [0.15, 0.2) is 0 Å². The molecule has 0 saturated heterocycles. The van der Waals surface area contributed by atoms with Gasteiger partial charge in [-0.25, -0.2) is 0 Å². The molecule has 0 saturated carbocycles. The van der Waals surface area contributed by atoms with Crippen LogP contribution >= 0.6 is 27.3 Å². The first-order chi connectivity index (χ1) is 7.09. The van der Waals surface area contributed by atoms with Gasteiger partial charge < -0.3 is 10.6 Å². The van der Waals surface area contributed by atoms with Crippen LogP contribution in [0.5, 0.6) is 0 Å². The van der Waals surface area contributed by atoms with Gasteiger partial charge in [-0.2, -0.15) is 0 Å². The smallest absolute Gasteiger partial charge is 0.0730 e. The van der Waals surface area contributed by atoms with E-state index in [0.29, 0.717) is 6.04 Å². The summed E-state index contributed by atoms with van der Waals surface area (Å²) >= 11 is 5.35. The average molecular weight is 291 g/mol. The van der Waals surface area contributed by atoms with Crippen LogP contribution in [-0.2, 0) is 6.54 Å². The van der Waals surface area contributed by atoms with Crippen molar-refractivity contribution in [3.8, 4) is 0 Å². The Kier molecular flexibility index (Phi) is 5.82. The van der Waals surface area contributed by atoms with Gasteiger partial charge in [-0.15, -0.1) is 11.3 Å². The molecule has 0 unspecified atom stereocenters. The van der Waals surface area contributed by atoms with E-state index in [9.17, 15) is 0 Å². The van der Waals surface area contributed by atoms with Crippen molar-refractivity contribution in [1.82, 2.24) is 10.6 Å². The van der Waals surface area contributed by atoms with Gasteiger partial charge in [-0.3, -0.25) is 0 Å². The lowest BCUT2D eigenvalue weighted by molar-refractivity contribution is 0.557. The molecule has 0 atom stereocenters. The Morgan fingerprint density at radius 3 is 2.67 bits per heavy atom. The molecule has 0 fully saturated rings. The predicted octanol–water partition coefficient (Wildman–Crippen LogP) is 2.91. The Morgan fingerprint density at radius 1 is 1.40 bits per heavy atom. The highest BCUT2D eigenvalue weighted by Gasteiger charge is 2.01. The van der Waals surface area contributed by atoms with Gasteiger partial charge in [0.2, 0.25) is 0 Å². The summed E-state index contributed by atoms with van der Waals surface area (Å²) in [6, 6.07) is 2.81. The zero-order chi connectivity index (χ0) is 11.3. The summed E-state index contributed by atoms with van der Waals surface area (Å²) in [5.41, 5.74) is 1.33. The molecule has 0 aliphatic rings. The lowest BCUT2D eigenvalue weighted by Gasteiger charge is -2.08. The molecule has 15 heavy (non-hydrogen) atoms. The highest BCUT2D eigenvalue weighted by Crippen LogP contribution is 2.26. The average Bonchev–Trinajstić information content (AvgIpc) is 2.45. The fourth-order valence-corrected chi connectivity index (χ4v) is 2.87. The molecule has 0 amide bonds. The molecule has 0 aliphatic heterocycles. The molecular formula is C11H19BrN2S. The second-order valence-corrected chi connectivity index (χ2v) is 6.41. The van der Waals surface area contributed by atoms with E-state index in [1.807, 2.05) is 11.3 Å². The van der Waals surface area contributed by atoms with Gasteiger partial charge in [-0.1, -0.05) is 13.8 Å². The van der Waals surface area contributed by atoms with Gasteiger partial charge >= 0.3 is 0 Å². The van der Waals surface area contributed by atoms with Gasteiger partial charge in [0.05, 0.1) is 3.79 Å². The van der Waals surface area contributed by atoms with Gasteiger partial charge in [0, 0.05) is 30.6 Å². The minimum absolute atomic E-state index is 0.574. The van der Waals surface area contributed by atoms with Crippen molar-refractivity contribution < 1.29 is 0 Å². The standard InChI is InChI=1S/C11H19BrN2S/c1-8(2)14-5-4-13-7-10-6-9(3)11(12)15-10/h6,8,13-14H,4-5,7H2,1-3H3. The Bertz CT molecular complexity index is 277. The van der Waals surface area contributed by atoms with Crippen LogP contribution in [0.25, 0.3) is 0 Å². The Balaban J connectivity index is 2.15. The normalized spacial score (nSPS) is 11.3. The van der Waals surface area contributed by atoms with Crippen molar-refractivity contribution in [2.45, 2.75) is 33.4 Å². The zero-order valence-corrected chi connectivity index (χ0v) is 12.0. The van der Waals surface area contributed by atoms with Crippen LogP contribution in [0.4, 0.5) is 0 Å². The molecule has 1 heterocycles. The van der Waals surface area contributed by atoms with Gasteiger partial charge in [-0.05, 0) is 34.5 Å². The number of aryl methyl sites for hydroxylation is 1. The molecule has 2 nitrogen and oxygen atoms in total. The maximum atomic E-state index is 3.54. The summed E-state index contributed by atoms with van der Waals surface area (Å²) in [6.07, 6.45) is 0. The largest absolute Gasteiger partial charge is 0.313 e. The lowest BCUT2D eigenvalue weighted by Crippen LogP contribution is -2.31. The van der Waals surface area contributed by atoms with Crippen molar-refractivity contribution in [2.75, 3.05) is 13.1 Å². The zero-order valence-electron chi connectivity index (χ0n) is 9.56. The van der Waals surface area contributed by atoms with E-state index < -0.39 is 0 Å². The van der Waals surface area contributed by atoms with Gasteiger partial charge in [0.1, 0.15) is 0 Å². The van der Waals surface area contributed by atoms with Crippen molar-refractivity contribution in [3.05, 3.63) is 20.3 Å². The first kappa shape index (κ1) is 13.2. The first-order valence-corrected chi connectivity index (χ1v) is 6.89. The summed E-state index contributed by atoms with van der Waals surface area (Å²) in [4.78, 5) is 1.39. The van der Waals surface area contributed by atoms with Crippen LogP contribution < -0.4 is 10.6 Å². The number of hydrogen-bond donors (Lipinski definition) is 2. The van der Waals surface area contributed by atoms with Crippen molar-refractivity contribution in [3.63, 3.8) is 0 Å². The van der Waals surface area contributed by atoms with Crippen LogP contribution in [0, 0.1) is 6.92 Å². The molecule has 1 aromatic rings. The Hall–Kier alpha value is 0.100. The van der Waals surface area contributed by atoms with E-state index in [0.717, 1.165) is 19.6 Å². The van der Waals surface area contributed by atoms with Crippen LogP contribution in [0.2, 0.25) is 0 Å². The first-order valence-electron chi connectivity index (χ1n) is 5.28. The van der Waals surface area contributed by atoms with Gasteiger partial charge in [0.25, 0.3) is 0 Å². The third kappa shape index (κ3) is 5.11. The number of nitrogens with one attached hydrogen (secondary N) is 2. The maximum Gasteiger partial charge on any atom is 0.0730 e. The van der Waals surface area contributed by atoms with E-state index >= 15 is 0 Å². The van der Waals surface area contributed by atoms with Crippen LogP contribution in [0.3, 0.4) is 0 Å². The third-order valence-corrected chi connectivity index (χ3v) is 4.20. The molecular weight excluding hydrogens is 272 g/mol. The molecule has 2 N–H and O–H groups in total. The van der Waals surface area contributed by atoms with E-state index in [4.69, 9.17) is 0 Å². The highest BCUT2D eigenvalue weighted by molar-refractivity contribution is 9.11. The van der Waals surface area contributed by atoms with Crippen molar-refractivity contribution in [1.29, 1.82) is 0 Å².